The molecule has 1 aromatic heterocycles. The van der Waals surface area contributed by atoms with Crippen molar-refractivity contribution in [3.8, 4) is 0 Å². The first-order chi connectivity index (χ1) is 5.77. The molecule has 0 saturated carbocycles. The van der Waals surface area contributed by atoms with Crippen molar-refractivity contribution in [2.45, 2.75) is 19.8 Å². The summed E-state index contributed by atoms with van der Waals surface area (Å²) in [4.78, 5) is 10.8. The average Bonchev–Trinajstić information content (AvgIpc) is 2.52. The molecule has 1 rings (SSSR count). The van der Waals surface area contributed by atoms with Gasteiger partial charge in [0.1, 0.15) is 0 Å². The van der Waals surface area contributed by atoms with E-state index in [2.05, 4.69) is 14.9 Å². The number of esters is 1. The van der Waals surface area contributed by atoms with Crippen LogP contribution in [0.4, 0.5) is 0 Å². The quantitative estimate of drug-likeness (QED) is 0.628. The van der Waals surface area contributed by atoms with Gasteiger partial charge < -0.3 is 9.15 Å². The van der Waals surface area contributed by atoms with Crippen LogP contribution in [-0.2, 0) is 11.2 Å². The molecule has 12 heavy (non-hydrogen) atoms. The summed E-state index contributed by atoms with van der Waals surface area (Å²) in [5, 5.41) is 7.17. The molecule has 5 nitrogen and oxygen atoms in total. The van der Waals surface area contributed by atoms with Crippen LogP contribution in [0.5, 0.6) is 0 Å². The lowest BCUT2D eigenvalue weighted by Crippen LogP contribution is -2.00. The van der Waals surface area contributed by atoms with Crippen molar-refractivity contribution in [3.05, 3.63) is 11.8 Å². The predicted molar refractivity (Wildman–Crippen MR) is 39.6 cm³/mol. The highest BCUT2D eigenvalue weighted by atomic mass is 16.5. The summed E-state index contributed by atoms with van der Waals surface area (Å²) in [5.74, 6) is -0.205. The molecule has 66 valence electrons. The van der Waals surface area contributed by atoms with Gasteiger partial charge in [-0.1, -0.05) is 6.92 Å². The van der Waals surface area contributed by atoms with Gasteiger partial charge in [0, 0.05) is 6.42 Å². The number of rotatable bonds is 3. The summed E-state index contributed by atoms with van der Waals surface area (Å²) in [7, 11) is 1.27. The van der Waals surface area contributed by atoms with Gasteiger partial charge in [-0.3, -0.25) is 0 Å². The fourth-order valence-corrected chi connectivity index (χ4v) is 0.738. The Morgan fingerprint density at radius 1 is 1.58 bits per heavy atom. The van der Waals surface area contributed by atoms with Crippen LogP contribution in [-0.4, -0.2) is 23.3 Å². The van der Waals surface area contributed by atoms with Crippen molar-refractivity contribution in [1.82, 2.24) is 10.2 Å². The van der Waals surface area contributed by atoms with E-state index in [1.165, 1.54) is 7.11 Å². The molecule has 0 aliphatic heterocycles. The minimum atomic E-state index is -0.593. The van der Waals surface area contributed by atoms with Gasteiger partial charge in [-0.05, 0) is 6.42 Å². The van der Waals surface area contributed by atoms with Gasteiger partial charge in [0.05, 0.1) is 7.11 Å². The van der Waals surface area contributed by atoms with Gasteiger partial charge in [-0.25, -0.2) is 4.79 Å². The molecule has 0 aliphatic rings. The third kappa shape index (κ3) is 1.81. The number of ether oxygens (including phenoxy) is 1. The van der Waals surface area contributed by atoms with Crippen molar-refractivity contribution in [2.24, 2.45) is 0 Å². The van der Waals surface area contributed by atoms with Crippen LogP contribution in [0.3, 0.4) is 0 Å². The number of aryl methyl sites for hydroxylation is 1. The van der Waals surface area contributed by atoms with Crippen LogP contribution < -0.4 is 0 Å². The Kier molecular flexibility index (Phi) is 2.79. The lowest BCUT2D eigenvalue weighted by atomic mass is 10.3. The number of carbonyl (C=O) groups is 1. The van der Waals surface area contributed by atoms with Gasteiger partial charge in [0.2, 0.25) is 5.89 Å². The fraction of sp³-hybridized carbons (Fsp3) is 0.571. The Labute approximate surface area is 69.7 Å². The van der Waals surface area contributed by atoms with Crippen LogP contribution in [0.25, 0.3) is 0 Å². The highest BCUT2D eigenvalue weighted by Gasteiger charge is 2.13. The van der Waals surface area contributed by atoms with Gasteiger partial charge >= 0.3 is 11.9 Å². The van der Waals surface area contributed by atoms with Crippen LogP contribution in [0.15, 0.2) is 4.42 Å². The molecular weight excluding hydrogens is 160 g/mol. The minimum Gasteiger partial charge on any atom is -0.462 e. The molecule has 0 amide bonds. The minimum absolute atomic E-state index is 0.0825. The average molecular weight is 170 g/mol. The number of nitrogens with zero attached hydrogens (tertiary/aromatic N) is 2. The Balaban J connectivity index is 2.70. The molecule has 0 bridgehead atoms. The molecular formula is C7H10N2O3. The number of methoxy groups -OCH3 is 1. The molecule has 0 aliphatic carbocycles. The van der Waals surface area contributed by atoms with E-state index in [1.807, 2.05) is 6.92 Å². The molecule has 0 saturated heterocycles. The Morgan fingerprint density at radius 3 is 2.92 bits per heavy atom. The number of carbonyl (C=O) groups excluding carboxylic acids is 1. The van der Waals surface area contributed by atoms with E-state index in [4.69, 9.17) is 4.42 Å². The standard InChI is InChI=1S/C7H10N2O3/c1-3-4-5-8-9-6(12-5)7(10)11-2/h3-4H2,1-2H3. The normalized spacial score (nSPS) is 9.83. The van der Waals surface area contributed by atoms with Gasteiger partial charge in [0.25, 0.3) is 0 Å². The first-order valence-electron chi connectivity index (χ1n) is 3.68. The van der Waals surface area contributed by atoms with E-state index in [0.29, 0.717) is 12.3 Å². The molecule has 0 aromatic carbocycles. The van der Waals surface area contributed by atoms with Crippen molar-refractivity contribution >= 4 is 5.97 Å². The van der Waals surface area contributed by atoms with Gasteiger partial charge in [-0.15, -0.1) is 10.2 Å². The predicted octanol–water partition coefficient (Wildman–Crippen LogP) is 0.809. The lowest BCUT2D eigenvalue weighted by Gasteiger charge is -1.89. The summed E-state index contributed by atoms with van der Waals surface area (Å²) in [6, 6.07) is 0. The second-order valence-corrected chi connectivity index (χ2v) is 2.24. The molecule has 1 aromatic rings. The summed E-state index contributed by atoms with van der Waals surface area (Å²) < 4.78 is 9.37. The van der Waals surface area contributed by atoms with Gasteiger partial charge in [0.15, 0.2) is 0 Å². The first-order valence-corrected chi connectivity index (χ1v) is 3.68. The van der Waals surface area contributed by atoms with Crippen LogP contribution >= 0.6 is 0 Å². The number of aromatic nitrogens is 2. The highest BCUT2D eigenvalue weighted by Crippen LogP contribution is 2.03. The maximum Gasteiger partial charge on any atom is 0.396 e. The summed E-state index contributed by atoms with van der Waals surface area (Å²) >= 11 is 0. The van der Waals surface area contributed by atoms with Crippen molar-refractivity contribution in [1.29, 1.82) is 0 Å². The van der Waals surface area contributed by atoms with Crippen LogP contribution in [0, 0.1) is 0 Å². The molecule has 0 atom stereocenters. The van der Waals surface area contributed by atoms with E-state index in [-0.39, 0.29) is 5.89 Å². The molecule has 0 fully saturated rings. The maximum absolute atomic E-state index is 10.8. The zero-order valence-corrected chi connectivity index (χ0v) is 7.03. The largest absolute Gasteiger partial charge is 0.462 e. The SMILES string of the molecule is CCCc1nnc(C(=O)OC)o1. The Bertz CT molecular complexity index is 269. The second kappa shape index (κ2) is 3.85. The van der Waals surface area contributed by atoms with E-state index >= 15 is 0 Å². The van der Waals surface area contributed by atoms with Crippen molar-refractivity contribution in [3.63, 3.8) is 0 Å². The van der Waals surface area contributed by atoms with E-state index in [1.54, 1.807) is 0 Å². The van der Waals surface area contributed by atoms with Crippen molar-refractivity contribution < 1.29 is 13.9 Å². The third-order valence-electron chi connectivity index (χ3n) is 1.29. The highest BCUT2D eigenvalue weighted by molar-refractivity contribution is 5.83. The molecule has 0 unspecified atom stereocenters. The second-order valence-electron chi connectivity index (χ2n) is 2.24. The maximum atomic E-state index is 10.8. The Hall–Kier alpha value is -1.39. The smallest absolute Gasteiger partial charge is 0.396 e. The summed E-state index contributed by atoms with van der Waals surface area (Å²) in [5.41, 5.74) is 0. The summed E-state index contributed by atoms with van der Waals surface area (Å²) in [6.07, 6.45) is 1.59. The summed E-state index contributed by atoms with van der Waals surface area (Å²) in [6.45, 7) is 1.99. The number of hydrogen-bond acceptors (Lipinski definition) is 5. The Morgan fingerprint density at radius 2 is 2.33 bits per heavy atom. The van der Waals surface area contributed by atoms with E-state index in [9.17, 15) is 4.79 Å². The molecule has 5 heteroatoms. The fourth-order valence-electron chi connectivity index (χ4n) is 0.738. The lowest BCUT2D eigenvalue weighted by molar-refractivity contribution is 0.0554. The zero-order valence-electron chi connectivity index (χ0n) is 7.03. The molecule has 1 heterocycles. The third-order valence-corrected chi connectivity index (χ3v) is 1.29. The molecule has 0 spiro atoms. The van der Waals surface area contributed by atoms with E-state index in [0.717, 1.165) is 6.42 Å². The van der Waals surface area contributed by atoms with E-state index < -0.39 is 5.97 Å². The zero-order chi connectivity index (χ0) is 8.97. The monoisotopic (exact) mass is 170 g/mol. The number of hydrogen-bond donors (Lipinski definition) is 0. The van der Waals surface area contributed by atoms with Crippen LogP contribution in [0.2, 0.25) is 0 Å². The van der Waals surface area contributed by atoms with Crippen molar-refractivity contribution in [2.75, 3.05) is 7.11 Å². The van der Waals surface area contributed by atoms with Crippen LogP contribution in [0.1, 0.15) is 29.9 Å². The molecule has 0 N–H and O–H groups in total. The van der Waals surface area contributed by atoms with Gasteiger partial charge in [-0.2, -0.15) is 0 Å². The molecule has 0 radical (unpaired) electrons. The first kappa shape index (κ1) is 8.70. The topological polar surface area (TPSA) is 65.2 Å².